The summed E-state index contributed by atoms with van der Waals surface area (Å²) >= 11 is 6.08. The summed E-state index contributed by atoms with van der Waals surface area (Å²) in [4.78, 5) is 25.6. The van der Waals surface area contributed by atoms with E-state index in [0.29, 0.717) is 35.8 Å². The Morgan fingerprint density at radius 2 is 2.05 bits per heavy atom. The van der Waals surface area contributed by atoms with Gasteiger partial charge in [0.1, 0.15) is 0 Å². The second kappa shape index (κ2) is 6.80. The minimum atomic E-state index is -0.140. The van der Waals surface area contributed by atoms with E-state index in [2.05, 4.69) is 5.32 Å². The lowest BCUT2D eigenvalue weighted by Crippen LogP contribution is -2.46. The van der Waals surface area contributed by atoms with Gasteiger partial charge in [-0.05, 0) is 25.0 Å². The van der Waals surface area contributed by atoms with Crippen molar-refractivity contribution in [1.29, 1.82) is 0 Å². The number of nitrogens with one attached hydrogen (secondary N) is 1. The molecule has 114 valence electrons. The standard InChI is InChI=1S/C15H20ClN3O2/c1-2-13(20)18-10-6-8-19(9-7-10)15(21)14-11(16)4-3-5-12(14)17/h3-5,10H,2,6-9,17H2,1H3,(H,18,20). The average molecular weight is 310 g/mol. The fraction of sp³-hybridized carbons (Fsp3) is 0.467. The normalized spacial score (nSPS) is 15.8. The predicted molar refractivity (Wildman–Crippen MR) is 83.2 cm³/mol. The van der Waals surface area contributed by atoms with Gasteiger partial charge in [-0.15, -0.1) is 0 Å². The van der Waals surface area contributed by atoms with E-state index >= 15 is 0 Å². The summed E-state index contributed by atoms with van der Waals surface area (Å²) in [6, 6.07) is 5.21. The summed E-state index contributed by atoms with van der Waals surface area (Å²) in [5.41, 5.74) is 6.62. The molecule has 0 atom stereocenters. The Morgan fingerprint density at radius 1 is 1.38 bits per heavy atom. The zero-order valence-corrected chi connectivity index (χ0v) is 12.8. The monoisotopic (exact) mass is 309 g/mol. The van der Waals surface area contributed by atoms with Crippen LogP contribution in [0.4, 0.5) is 5.69 Å². The molecule has 6 heteroatoms. The lowest BCUT2D eigenvalue weighted by atomic mass is 10.0. The molecule has 3 N–H and O–H groups in total. The van der Waals surface area contributed by atoms with Gasteiger partial charge in [0.15, 0.2) is 0 Å². The smallest absolute Gasteiger partial charge is 0.257 e. The lowest BCUT2D eigenvalue weighted by Gasteiger charge is -2.32. The van der Waals surface area contributed by atoms with Crippen molar-refractivity contribution in [1.82, 2.24) is 10.2 Å². The fourth-order valence-electron chi connectivity index (χ4n) is 2.48. The SMILES string of the molecule is CCC(=O)NC1CCN(C(=O)c2c(N)cccc2Cl)CC1. The molecular formula is C15H20ClN3O2. The van der Waals surface area contributed by atoms with Gasteiger partial charge in [0.05, 0.1) is 10.6 Å². The molecule has 0 aliphatic carbocycles. The van der Waals surface area contributed by atoms with E-state index in [4.69, 9.17) is 17.3 Å². The van der Waals surface area contributed by atoms with Crippen LogP contribution in [-0.2, 0) is 4.79 Å². The number of piperidine rings is 1. The van der Waals surface area contributed by atoms with E-state index < -0.39 is 0 Å². The summed E-state index contributed by atoms with van der Waals surface area (Å²) in [6.07, 6.45) is 1.99. The summed E-state index contributed by atoms with van der Waals surface area (Å²) in [7, 11) is 0. The summed E-state index contributed by atoms with van der Waals surface area (Å²) in [5.74, 6) is -0.0894. The third-order valence-electron chi connectivity index (χ3n) is 3.73. The Hall–Kier alpha value is -1.75. The number of benzene rings is 1. The average Bonchev–Trinajstić information content (AvgIpc) is 2.47. The first-order valence-electron chi connectivity index (χ1n) is 7.15. The zero-order chi connectivity index (χ0) is 15.4. The van der Waals surface area contributed by atoms with Crippen LogP contribution in [-0.4, -0.2) is 35.8 Å². The van der Waals surface area contributed by atoms with Crippen LogP contribution in [0.2, 0.25) is 5.02 Å². The van der Waals surface area contributed by atoms with Crippen LogP contribution in [0.25, 0.3) is 0 Å². The first kappa shape index (κ1) is 15.6. The van der Waals surface area contributed by atoms with Gasteiger partial charge in [-0.25, -0.2) is 0 Å². The molecular weight excluding hydrogens is 290 g/mol. The molecule has 0 aromatic heterocycles. The molecule has 0 unspecified atom stereocenters. The van der Waals surface area contributed by atoms with Gasteiger partial charge in [-0.3, -0.25) is 9.59 Å². The van der Waals surface area contributed by atoms with Gasteiger partial charge in [-0.1, -0.05) is 24.6 Å². The number of carbonyl (C=O) groups excluding carboxylic acids is 2. The highest BCUT2D eigenvalue weighted by Crippen LogP contribution is 2.25. The van der Waals surface area contributed by atoms with Gasteiger partial charge < -0.3 is 16.0 Å². The highest BCUT2D eigenvalue weighted by atomic mass is 35.5. The Labute approximate surface area is 129 Å². The van der Waals surface area contributed by atoms with Crippen molar-refractivity contribution in [2.24, 2.45) is 0 Å². The summed E-state index contributed by atoms with van der Waals surface area (Å²) in [5, 5.41) is 3.34. The first-order chi connectivity index (χ1) is 10.0. The van der Waals surface area contributed by atoms with Crippen molar-refractivity contribution in [3.05, 3.63) is 28.8 Å². The van der Waals surface area contributed by atoms with Crippen molar-refractivity contribution in [2.45, 2.75) is 32.2 Å². The number of likely N-dealkylation sites (tertiary alicyclic amines) is 1. The highest BCUT2D eigenvalue weighted by Gasteiger charge is 2.26. The van der Waals surface area contributed by atoms with Crippen LogP contribution in [0.1, 0.15) is 36.5 Å². The molecule has 1 aliphatic heterocycles. The second-order valence-corrected chi connectivity index (χ2v) is 5.60. The van der Waals surface area contributed by atoms with Gasteiger partial charge >= 0.3 is 0 Å². The number of nitrogens with zero attached hydrogens (tertiary/aromatic N) is 1. The molecule has 5 nitrogen and oxygen atoms in total. The molecule has 1 aliphatic rings. The molecule has 0 spiro atoms. The van der Waals surface area contributed by atoms with Crippen LogP contribution >= 0.6 is 11.6 Å². The van der Waals surface area contributed by atoms with Crippen molar-refractivity contribution in [3.63, 3.8) is 0 Å². The minimum Gasteiger partial charge on any atom is -0.398 e. The Bertz CT molecular complexity index is 519. The van der Waals surface area contributed by atoms with Crippen LogP contribution < -0.4 is 11.1 Å². The zero-order valence-electron chi connectivity index (χ0n) is 12.1. The minimum absolute atomic E-state index is 0.0510. The van der Waals surface area contributed by atoms with Crippen molar-refractivity contribution < 1.29 is 9.59 Å². The molecule has 1 aromatic carbocycles. The van der Waals surface area contributed by atoms with Gasteiger partial charge in [0.2, 0.25) is 5.91 Å². The maximum atomic E-state index is 12.5. The number of carbonyl (C=O) groups is 2. The topological polar surface area (TPSA) is 75.4 Å². The number of nitrogens with two attached hydrogens (primary N) is 1. The second-order valence-electron chi connectivity index (χ2n) is 5.19. The predicted octanol–water partition coefficient (Wildman–Crippen LogP) is 2.05. The third-order valence-corrected chi connectivity index (χ3v) is 4.04. The number of rotatable bonds is 3. The molecule has 0 saturated carbocycles. The molecule has 1 heterocycles. The number of hydrogen-bond acceptors (Lipinski definition) is 3. The Morgan fingerprint density at radius 3 is 2.62 bits per heavy atom. The number of amides is 2. The Kier molecular flexibility index (Phi) is 5.07. The molecule has 0 radical (unpaired) electrons. The van der Waals surface area contributed by atoms with Gasteiger partial charge in [0, 0.05) is 31.2 Å². The van der Waals surface area contributed by atoms with Gasteiger partial charge in [-0.2, -0.15) is 0 Å². The van der Waals surface area contributed by atoms with Crippen LogP contribution in [0, 0.1) is 0 Å². The van der Waals surface area contributed by atoms with Crippen molar-refractivity contribution in [2.75, 3.05) is 18.8 Å². The third kappa shape index (κ3) is 3.67. The lowest BCUT2D eigenvalue weighted by molar-refractivity contribution is -0.121. The van der Waals surface area contributed by atoms with Gasteiger partial charge in [0.25, 0.3) is 5.91 Å². The maximum absolute atomic E-state index is 12.5. The van der Waals surface area contributed by atoms with Crippen LogP contribution in [0.5, 0.6) is 0 Å². The fourth-order valence-corrected chi connectivity index (χ4v) is 2.74. The quantitative estimate of drug-likeness (QED) is 0.839. The molecule has 2 amide bonds. The summed E-state index contributed by atoms with van der Waals surface area (Å²) in [6.45, 7) is 3.02. The number of hydrogen-bond donors (Lipinski definition) is 2. The number of halogens is 1. The molecule has 1 fully saturated rings. The maximum Gasteiger partial charge on any atom is 0.257 e. The van der Waals surface area contributed by atoms with E-state index in [0.717, 1.165) is 12.8 Å². The van der Waals surface area contributed by atoms with Crippen molar-refractivity contribution >= 4 is 29.1 Å². The molecule has 1 saturated heterocycles. The van der Waals surface area contributed by atoms with E-state index in [1.54, 1.807) is 23.1 Å². The highest BCUT2D eigenvalue weighted by molar-refractivity contribution is 6.34. The Balaban J connectivity index is 1.99. The molecule has 0 bridgehead atoms. The van der Waals surface area contributed by atoms with E-state index in [9.17, 15) is 9.59 Å². The van der Waals surface area contributed by atoms with E-state index in [1.807, 2.05) is 6.92 Å². The van der Waals surface area contributed by atoms with Crippen LogP contribution in [0.3, 0.4) is 0 Å². The van der Waals surface area contributed by atoms with Crippen molar-refractivity contribution in [3.8, 4) is 0 Å². The largest absolute Gasteiger partial charge is 0.398 e. The molecule has 1 aromatic rings. The van der Waals surface area contributed by atoms with E-state index in [-0.39, 0.29) is 17.9 Å². The summed E-state index contributed by atoms with van der Waals surface area (Å²) < 4.78 is 0. The van der Waals surface area contributed by atoms with E-state index in [1.165, 1.54) is 0 Å². The van der Waals surface area contributed by atoms with Crippen LogP contribution in [0.15, 0.2) is 18.2 Å². The molecule has 21 heavy (non-hydrogen) atoms. The number of nitrogen functional groups attached to an aromatic ring is 1. The number of anilines is 1. The first-order valence-corrected chi connectivity index (χ1v) is 7.53. The molecule has 2 rings (SSSR count).